The van der Waals surface area contributed by atoms with Gasteiger partial charge in [0.1, 0.15) is 12.4 Å². The van der Waals surface area contributed by atoms with Crippen molar-refractivity contribution >= 4 is 23.2 Å². The molecule has 0 aliphatic carbocycles. The first kappa shape index (κ1) is 13.8. The average Bonchev–Trinajstić information content (AvgIpc) is 2.72. The Labute approximate surface area is 117 Å². The molecule has 2 aromatic rings. The molecule has 0 spiro atoms. The second kappa shape index (κ2) is 5.58. The summed E-state index contributed by atoms with van der Waals surface area (Å²) in [5.74, 6) is 0.341. The normalized spacial score (nSPS) is 10.7. The van der Waals surface area contributed by atoms with Crippen molar-refractivity contribution in [3.05, 3.63) is 32.7 Å². The number of rotatable bonds is 4. The molecule has 1 aromatic carbocycles. The van der Waals surface area contributed by atoms with E-state index in [4.69, 9.17) is 27.9 Å². The van der Waals surface area contributed by atoms with Crippen molar-refractivity contribution in [2.45, 2.75) is 6.54 Å². The van der Waals surface area contributed by atoms with Gasteiger partial charge in [0.05, 0.1) is 29.4 Å². The molecule has 0 saturated carbocycles. The van der Waals surface area contributed by atoms with Crippen molar-refractivity contribution in [3.63, 3.8) is 0 Å². The van der Waals surface area contributed by atoms with Gasteiger partial charge in [-0.05, 0) is 16.5 Å². The van der Waals surface area contributed by atoms with Gasteiger partial charge in [0.2, 0.25) is 0 Å². The molecule has 0 unspecified atom stereocenters. The zero-order valence-electron chi connectivity index (χ0n) is 9.81. The predicted octanol–water partition coefficient (Wildman–Crippen LogP) is 1.71. The molecule has 0 atom stereocenters. The molecular formula is C10H9Cl2FN4O2. The molecule has 19 heavy (non-hydrogen) atoms. The summed E-state index contributed by atoms with van der Waals surface area (Å²) >= 11 is 11.9. The second-order valence-corrected chi connectivity index (χ2v) is 4.34. The van der Waals surface area contributed by atoms with Crippen LogP contribution in [0, 0.1) is 0 Å². The first-order chi connectivity index (χ1) is 9.08. The third-order valence-corrected chi connectivity index (χ3v) is 2.98. The molecule has 9 heteroatoms. The summed E-state index contributed by atoms with van der Waals surface area (Å²) in [4.78, 5) is 11.9. The third-order valence-electron chi connectivity index (χ3n) is 2.39. The van der Waals surface area contributed by atoms with Gasteiger partial charge in [-0.25, -0.2) is 9.18 Å². The molecule has 0 aliphatic heterocycles. The van der Waals surface area contributed by atoms with Crippen molar-refractivity contribution in [2.75, 3.05) is 13.8 Å². The van der Waals surface area contributed by atoms with Crippen molar-refractivity contribution < 1.29 is 9.13 Å². The van der Waals surface area contributed by atoms with E-state index in [1.165, 1.54) is 19.2 Å². The zero-order chi connectivity index (χ0) is 14.0. The number of ether oxygens (including phenoxy) is 1. The zero-order valence-corrected chi connectivity index (χ0v) is 11.3. The van der Waals surface area contributed by atoms with Gasteiger partial charge in [-0.1, -0.05) is 23.2 Å². The van der Waals surface area contributed by atoms with Crippen LogP contribution >= 0.6 is 23.2 Å². The van der Waals surface area contributed by atoms with Gasteiger partial charge in [-0.3, -0.25) is 0 Å². The monoisotopic (exact) mass is 306 g/mol. The number of alkyl halides is 1. The summed E-state index contributed by atoms with van der Waals surface area (Å²) in [6, 6.07) is 2.89. The molecule has 102 valence electrons. The number of benzene rings is 1. The molecule has 0 radical (unpaired) electrons. The van der Waals surface area contributed by atoms with Gasteiger partial charge in [-0.15, -0.1) is 0 Å². The Hall–Kier alpha value is -1.60. The van der Waals surface area contributed by atoms with Crippen LogP contribution in [0.15, 0.2) is 16.9 Å². The van der Waals surface area contributed by atoms with Crippen LogP contribution in [0.4, 0.5) is 4.39 Å². The van der Waals surface area contributed by atoms with Crippen LogP contribution in [0.2, 0.25) is 10.0 Å². The number of hydrogen-bond acceptors (Lipinski definition) is 4. The molecule has 0 amide bonds. The lowest BCUT2D eigenvalue weighted by Gasteiger charge is -2.07. The maximum absolute atomic E-state index is 12.2. The standard InChI is InChI=1S/C10H9Cl2FN4O2/c1-19-9-5-8(6(11)4-7(9)12)17-10(18)16(3-2-13)14-15-17/h4-5H,2-3H2,1H3. The first-order valence-electron chi connectivity index (χ1n) is 5.20. The minimum atomic E-state index is -0.712. The summed E-state index contributed by atoms with van der Waals surface area (Å²) in [6.07, 6.45) is 0. The fraction of sp³-hybridized carbons (Fsp3) is 0.300. The number of halogens is 3. The van der Waals surface area contributed by atoms with E-state index < -0.39 is 12.4 Å². The Morgan fingerprint density at radius 2 is 2.05 bits per heavy atom. The number of tetrazole rings is 1. The van der Waals surface area contributed by atoms with Crippen molar-refractivity contribution in [2.24, 2.45) is 0 Å². The van der Waals surface area contributed by atoms with E-state index in [9.17, 15) is 9.18 Å². The minimum Gasteiger partial charge on any atom is -0.495 e. The van der Waals surface area contributed by atoms with Crippen LogP contribution in [-0.4, -0.2) is 33.6 Å². The number of nitrogens with zero attached hydrogens (tertiary/aromatic N) is 4. The van der Waals surface area contributed by atoms with E-state index in [1.807, 2.05) is 0 Å². The lowest BCUT2D eigenvalue weighted by molar-refractivity contribution is 0.414. The molecule has 2 rings (SSSR count). The summed E-state index contributed by atoms with van der Waals surface area (Å²) in [5.41, 5.74) is -0.332. The van der Waals surface area contributed by atoms with Crippen LogP contribution in [0.25, 0.3) is 5.69 Å². The highest BCUT2D eigenvalue weighted by Crippen LogP contribution is 2.32. The maximum atomic E-state index is 12.2. The van der Waals surface area contributed by atoms with Gasteiger partial charge in [0.25, 0.3) is 0 Å². The van der Waals surface area contributed by atoms with Crippen LogP contribution in [0.1, 0.15) is 0 Å². The molecule has 0 fully saturated rings. The van der Waals surface area contributed by atoms with Gasteiger partial charge in [-0.2, -0.15) is 9.36 Å². The fourth-order valence-electron chi connectivity index (χ4n) is 1.48. The average molecular weight is 307 g/mol. The largest absolute Gasteiger partial charge is 0.495 e. The third kappa shape index (κ3) is 2.57. The van der Waals surface area contributed by atoms with Crippen LogP contribution < -0.4 is 10.4 Å². The Bertz CT molecular complexity index is 655. The number of aromatic nitrogens is 4. The number of aryl methyl sites for hydroxylation is 1. The maximum Gasteiger partial charge on any atom is 0.368 e. The SMILES string of the molecule is COc1cc(-n2nnn(CCF)c2=O)c(Cl)cc1Cl. The Balaban J connectivity index is 2.56. The summed E-state index contributed by atoms with van der Waals surface area (Å²) < 4.78 is 19.1. The number of methoxy groups -OCH3 is 1. The van der Waals surface area contributed by atoms with Crippen LogP contribution in [0.5, 0.6) is 5.75 Å². The molecule has 0 N–H and O–H groups in total. The van der Waals surface area contributed by atoms with Gasteiger partial charge in [0.15, 0.2) is 0 Å². The topological polar surface area (TPSA) is 61.9 Å². The van der Waals surface area contributed by atoms with Crippen LogP contribution in [-0.2, 0) is 6.54 Å². The number of hydrogen-bond donors (Lipinski definition) is 0. The second-order valence-electron chi connectivity index (χ2n) is 3.52. The van der Waals surface area contributed by atoms with E-state index in [-0.39, 0.29) is 17.3 Å². The quantitative estimate of drug-likeness (QED) is 0.863. The smallest absolute Gasteiger partial charge is 0.368 e. The van der Waals surface area contributed by atoms with Crippen LogP contribution in [0.3, 0.4) is 0 Å². The highest BCUT2D eigenvalue weighted by Gasteiger charge is 2.15. The minimum absolute atomic E-state index is 0.165. The molecule has 0 aliphatic rings. The molecule has 1 heterocycles. The molecule has 0 bridgehead atoms. The molecule has 0 saturated heterocycles. The Morgan fingerprint density at radius 3 is 2.68 bits per heavy atom. The predicted molar refractivity (Wildman–Crippen MR) is 68.2 cm³/mol. The molecule has 1 aromatic heterocycles. The van der Waals surface area contributed by atoms with Crippen molar-refractivity contribution in [3.8, 4) is 11.4 Å². The summed E-state index contributed by atoms with van der Waals surface area (Å²) in [7, 11) is 1.43. The van der Waals surface area contributed by atoms with E-state index in [0.29, 0.717) is 10.8 Å². The summed E-state index contributed by atoms with van der Waals surface area (Å²) in [5, 5.41) is 7.70. The van der Waals surface area contributed by atoms with E-state index in [2.05, 4.69) is 10.4 Å². The van der Waals surface area contributed by atoms with E-state index in [0.717, 1.165) is 9.36 Å². The van der Waals surface area contributed by atoms with Crippen molar-refractivity contribution in [1.82, 2.24) is 19.8 Å². The molecular weight excluding hydrogens is 298 g/mol. The van der Waals surface area contributed by atoms with Gasteiger partial charge in [0, 0.05) is 6.07 Å². The van der Waals surface area contributed by atoms with Crippen molar-refractivity contribution in [1.29, 1.82) is 0 Å². The lowest BCUT2D eigenvalue weighted by atomic mass is 10.3. The lowest BCUT2D eigenvalue weighted by Crippen LogP contribution is -2.25. The Kier molecular flexibility index (Phi) is 4.06. The highest BCUT2D eigenvalue weighted by atomic mass is 35.5. The van der Waals surface area contributed by atoms with E-state index >= 15 is 0 Å². The highest BCUT2D eigenvalue weighted by molar-refractivity contribution is 6.36. The van der Waals surface area contributed by atoms with Gasteiger partial charge < -0.3 is 4.74 Å². The first-order valence-corrected chi connectivity index (χ1v) is 5.96. The Morgan fingerprint density at radius 1 is 1.32 bits per heavy atom. The van der Waals surface area contributed by atoms with E-state index in [1.54, 1.807) is 0 Å². The summed E-state index contributed by atoms with van der Waals surface area (Å²) in [6.45, 7) is -0.878. The fourth-order valence-corrected chi connectivity index (χ4v) is 2.02. The molecule has 6 nitrogen and oxygen atoms in total. The van der Waals surface area contributed by atoms with Gasteiger partial charge >= 0.3 is 5.69 Å².